The van der Waals surface area contributed by atoms with Crippen molar-refractivity contribution < 1.29 is 31.1 Å². The maximum Gasteiger partial charge on any atom is 0.358 e. The molecular weight excluding hydrogens is 562 g/mol. The van der Waals surface area contributed by atoms with Gasteiger partial charge in [-0.15, -0.1) is 0 Å². The van der Waals surface area contributed by atoms with Gasteiger partial charge < -0.3 is 4.74 Å². The van der Waals surface area contributed by atoms with Crippen molar-refractivity contribution in [1.29, 1.82) is 0 Å². The Kier molecular flexibility index (Phi) is 10.8. The summed E-state index contributed by atoms with van der Waals surface area (Å²) in [7, 11) is 0. The second kappa shape index (κ2) is 14.4. The Bertz CT molecular complexity index is 1170. The predicted molar refractivity (Wildman–Crippen MR) is 158 cm³/mol. The van der Waals surface area contributed by atoms with E-state index < -0.39 is 35.3 Å². The smallest absolute Gasteiger partial charge is 0.317 e. The molecule has 1 nitrogen and oxygen atoms in total. The summed E-state index contributed by atoms with van der Waals surface area (Å²) in [6.07, 6.45) is 11.4. The van der Waals surface area contributed by atoms with E-state index in [0.29, 0.717) is 43.4 Å². The Balaban J connectivity index is 1.06. The fourth-order valence-corrected chi connectivity index (χ4v) is 8.12. The van der Waals surface area contributed by atoms with Gasteiger partial charge >= 0.3 is 6.11 Å². The molecule has 3 saturated carbocycles. The van der Waals surface area contributed by atoms with Gasteiger partial charge in [-0.1, -0.05) is 44.7 Å². The highest BCUT2D eigenvalue weighted by molar-refractivity contribution is 5.65. The van der Waals surface area contributed by atoms with Gasteiger partial charge in [0, 0.05) is 5.56 Å². The Morgan fingerprint density at radius 1 is 0.698 bits per heavy atom. The molecule has 0 N–H and O–H groups in total. The average Bonchev–Trinajstić information content (AvgIpc) is 3.00. The molecule has 3 fully saturated rings. The summed E-state index contributed by atoms with van der Waals surface area (Å²) < 4.78 is 91.3. The minimum Gasteiger partial charge on any atom is -0.317 e. The molecule has 0 aromatic heterocycles. The number of hydrogen-bond acceptors (Lipinski definition) is 1. The second-order valence-corrected chi connectivity index (χ2v) is 13.5. The van der Waals surface area contributed by atoms with Crippen LogP contribution in [0.3, 0.4) is 0 Å². The monoisotopic (exact) mass is 608 g/mol. The van der Waals surface area contributed by atoms with Gasteiger partial charge in [0.05, 0.1) is 12.0 Å². The molecule has 0 unspecified atom stereocenters. The van der Waals surface area contributed by atoms with Crippen LogP contribution in [-0.4, -0.2) is 12.2 Å². The molecular formula is C36H46F6O. The molecule has 0 atom stereocenters. The molecule has 0 heterocycles. The minimum atomic E-state index is -3.03. The van der Waals surface area contributed by atoms with Gasteiger partial charge in [0.1, 0.15) is 5.82 Å². The number of unbranched alkanes of at least 4 members (excludes halogenated alkanes) is 2. The number of rotatable bonds is 10. The summed E-state index contributed by atoms with van der Waals surface area (Å²) in [4.78, 5) is 0. The molecule has 43 heavy (non-hydrogen) atoms. The van der Waals surface area contributed by atoms with E-state index in [-0.39, 0.29) is 23.1 Å². The molecule has 238 valence electrons. The summed E-state index contributed by atoms with van der Waals surface area (Å²) in [5, 5.41) is 0. The predicted octanol–water partition coefficient (Wildman–Crippen LogP) is 11.7. The molecule has 7 heteroatoms. The van der Waals surface area contributed by atoms with E-state index in [1.807, 2.05) is 0 Å². The van der Waals surface area contributed by atoms with Crippen molar-refractivity contribution in [2.45, 2.75) is 128 Å². The first-order valence-corrected chi connectivity index (χ1v) is 16.6. The molecule has 5 rings (SSSR count). The molecule has 0 spiro atoms. The van der Waals surface area contributed by atoms with E-state index in [4.69, 9.17) is 4.74 Å². The van der Waals surface area contributed by atoms with E-state index in [2.05, 4.69) is 6.92 Å². The lowest BCUT2D eigenvalue weighted by Gasteiger charge is -2.40. The van der Waals surface area contributed by atoms with Crippen LogP contribution in [0.1, 0.15) is 121 Å². The Morgan fingerprint density at radius 2 is 1.30 bits per heavy atom. The van der Waals surface area contributed by atoms with E-state index >= 15 is 8.78 Å². The summed E-state index contributed by atoms with van der Waals surface area (Å²) in [6, 6.07) is 6.36. The highest BCUT2D eigenvalue weighted by Crippen LogP contribution is 2.46. The van der Waals surface area contributed by atoms with Crippen LogP contribution < -0.4 is 0 Å². The molecule has 0 radical (unpaired) electrons. The summed E-state index contributed by atoms with van der Waals surface area (Å²) in [6.45, 7) is 2.19. The fraction of sp³-hybridized carbons (Fsp3) is 0.667. The summed E-state index contributed by atoms with van der Waals surface area (Å²) in [5.74, 6) is -3.65. The van der Waals surface area contributed by atoms with E-state index in [9.17, 15) is 17.6 Å². The zero-order valence-electron chi connectivity index (χ0n) is 25.3. The molecule has 0 amide bonds. The van der Waals surface area contributed by atoms with Crippen LogP contribution in [-0.2, 0) is 4.74 Å². The SMILES string of the molecule is CCCCCC1CCC(C(F)(F)OC2CCC(C3CCC(c4ccc(-c5cc(F)c(F)c(F)c5)c(F)c4)CC3)CC2)CC1. The van der Waals surface area contributed by atoms with Gasteiger partial charge in [0.25, 0.3) is 0 Å². The van der Waals surface area contributed by atoms with Crippen LogP contribution in [0, 0.1) is 46.9 Å². The molecule has 0 bridgehead atoms. The number of halogens is 6. The summed E-state index contributed by atoms with van der Waals surface area (Å²) in [5.41, 5.74) is 0.860. The van der Waals surface area contributed by atoms with Crippen molar-refractivity contribution >= 4 is 0 Å². The lowest BCUT2D eigenvalue weighted by Crippen LogP contribution is -2.39. The minimum absolute atomic E-state index is 0.0355. The van der Waals surface area contributed by atoms with Crippen LogP contribution >= 0.6 is 0 Å². The van der Waals surface area contributed by atoms with Crippen molar-refractivity contribution in [3.8, 4) is 11.1 Å². The first kappa shape index (κ1) is 32.4. The highest BCUT2D eigenvalue weighted by atomic mass is 19.3. The van der Waals surface area contributed by atoms with Gasteiger partial charge in [-0.2, -0.15) is 8.78 Å². The molecule has 0 aliphatic heterocycles. The second-order valence-electron chi connectivity index (χ2n) is 13.5. The lowest BCUT2D eigenvalue weighted by atomic mass is 9.69. The standard InChI is InChI=1S/C36H46F6O/c1-2-3-4-5-23-6-15-29(16-7-23)36(41,42)43-30-17-12-25(13-18-30)24-8-10-26(11-9-24)27-14-19-31(32(37)20-27)28-21-33(38)35(40)34(39)22-28/h14,19-26,29-30H,2-13,15-18H2,1H3. The largest absolute Gasteiger partial charge is 0.358 e. The van der Waals surface area contributed by atoms with E-state index in [1.54, 1.807) is 6.07 Å². The van der Waals surface area contributed by atoms with Crippen LogP contribution in [0.2, 0.25) is 0 Å². The third-order valence-electron chi connectivity index (χ3n) is 10.8. The maximum atomic E-state index is 15.1. The van der Waals surface area contributed by atoms with Crippen molar-refractivity contribution in [1.82, 2.24) is 0 Å². The Morgan fingerprint density at radius 3 is 1.88 bits per heavy atom. The van der Waals surface area contributed by atoms with Gasteiger partial charge in [0.2, 0.25) is 0 Å². The first-order valence-electron chi connectivity index (χ1n) is 16.6. The third kappa shape index (κ3) is 7.99. The number of ether oxygens (including phenoxy) is 1. The summed E-state index contributed by atoms with van der Waals surface area (Å²) >= 11 is 0. The zero-order valence-corrected chi connectivity index (χ0v) is 25.3. The normalized spacial score (nSPS) is 28.6. The van der Waals surface area contributed by atoms with Crippen LogP contribution in [0.5, 0.6) is 0 Å². The number of benzene rings is 2. The Hall–Kier alpha value is -2.02. The number of alkyl halides is 2. The molecule has 3 aliphatic rings. The number of hydrogen-bond donors (Lipinski definition) is 0. The molecule has 2 aromatic rings. The van der Waals surface area contributed by atoms with Crippen molar-refractivity contribution in [2.24, 2.45) is 23.7 Å². The molecule has 3 aliphatic carbocycles. The van der Waals surface area contributed by atoms with Crippen molar-refractivity contribution in [3.63, 3.8) is 0 Å². The fourth-order valence-electron chi connectivity index (χ4n) is 8.12. The quantitative estimate of drug-likeness (QED) is 0.148. The zero-order chi connectivity index (χ0) is 30.6. The average molecular weight is 609 g/mol. The van der Waals surface area contributed by atoms with Gasteiger partial charge in [-0.05, 0) is 130 Å². The van der Waals surface area contributed by atoms with E-state index in [1.165, 1.54) is 37.8 Å². The van der Waals surface area contributed by atoms with Crippen molar-refractivity contribution in [3.05, 3.63) is 59.2 Å². The van der Waals surface area contributed by atoms with Gasteiger partial charge in [-0.25, -0.2) is 17.6 Å². The van der Waals surface area contributed by atoms with Crippen LogP contribution in [0.25, 0.3) is 11.1 Å². The van der Waals surface area contributed by atoms with E-state index in [0.717, 1.165) is 69.1 Å². The highest BCUT2D eigenvalue weighted by Gasteiger charge is 2.45. The lowest BCUT2D eigenvalue weighted by molar-refractivity contribution is -0.302. The molecule has 2 aromatic carbocycles. The van der Waals surface area contributed by atoms with Gasteiger partial charge in [0.15, 0.2) is 17.5 Å². The van der Waals surface area contributed by atoms with Gasteiger partial charge in [-0.3, -0.25) is 0 Å². The molecule has 0 saturated heterocycles. The third-order valence-corrected chi connectivity index (χ3v) is 10.8. The Labute approximate surface area is 252 Å². The topological polar surface area (TPSA) is 9.23 Å². The first-order chi connectivity index (χ1) is 20.6. The van der Waals surface area contributed by atoms with Crippen LogP contribution in [0.4, 0.5) is 26.3 Å². The maximum absolute atomic E-state index is 15.1. The van der Waals surface area contributed by atoms with Crippen LogP contribution in [0.15, 0.2) is 30.3 Å². The van der Waals surface area contributed by atoms with Crippen molar-refractivity contribution in [2.75, 3.05) is 0 Å².